The van der Waals surface area contributed by atoms with Gasteiger partial charge in [0.1, 0.15) is 5.54 Å². The van der Waals surface area contributed by atoms with E-state index < -0.39 is 5.54 Å². The van der Waals surface area contributed by atoms with Crippen LogP contribution in [0.3, 0.4) is 0 Å². The summed E-state index contributed by atoms with van der Waals surface area (Å²) in [6, 6.07) is 5.44. The average Bonchev–Trinajstić information content (AvgIpc) is 2.32. The third kappa shape index (κ3) is 3.18. The fourth-order valence-electron chi connectivity index (χ4n) is 1.52. The first-order valence-electron chi connectivity index (χ1n) is 5.63. The monoisotopic (exact) mass is 333 g/mol. The zero-order valence-electron chi connectivity index (χ0n) is 10.9. The highest BCUT2D eigenvalue weighted by Gasteiger charge is 2.37. The summed E-state index contributed by atoms with van der Waals surface area (Å²) in [6.07, 6.45) is 0. The molecule has 0 aliphatic carbocycles. The molecule has 1 rings (SSSR count). The van der Waals surface area contributed by atoms with E-state index in [1.807, 2.05) is 32.9 Å². The summed E-state index contributed by atoms with van der Waals surface area (Å²) in [4.78, 5) is 11.9. The highest BCUT2D eigenvalue weighted by Crippen LogP contribution is 2.29. The second-order valence-corrected chi connectivity index (χ2v) is 5.86. The molecule has 100 valence electrons. The summed E-state index contributed by atoms with van der Waals surface area (Å²) in [5.74, 6) is -0.206. The molecule has 5 heteroatoms. The molecule has 18 heavy (non-hydrogen) atoms. The molecule has 0 heterocycles. The van der Waals surface area contributed by atoms with E-state index in [2.05, 4.69) is 21.2 Å². The Hall–Kier alpha value is -0.740. The lowest BCUT2D eigenvalue weighted by Gasteiger charge is -2.32. The van der Waals surface area contributed by atoms with E-state index in [4.69, 9.17) is 16.3 Å². The van der Waals surface area contributed by atoms with E-state index in [0.717, 1.165) is 10.2 Å². The van der Waals surface area contributed by atoms with Crippen LogP contribution in [0.15, 0.2) is 22.7 Å². The van der Waals surface area contributed by atoms with Gasteiger partial charge in [-0.3, -0.25) is 0 Å². The molecule has 0 aliphatic heterocycles. The number of rotatable bonds is 4. The van der Waals surface area contributed by atoms with Gasteiger partial charge in [0.25, 0.3) is 0 Å². The standard InChI is InChI=1S/C13H17BrClNO2/c1-8(2)13(3,12(17)18-4)16-9-5-6-11(15)10(14)7-9/h5-8,16H,1-4H3. The molecule has 0 saturated carbocycles. The molecule has 1 atom stereocenters. The number of nitrogens with one attached hydrogen (secondary N) is 1. The summed E-state index contributed by atoms with van der Waals surface area (Å²) >= 11 is 9.29. The van der Waals surface area contributed by atoms with Crippen LogP contribution in [-0.4, -0.2) is 18.6 Å². The molecule has 0 bridgehead atoms. The van der Waals surface area contributed by atoms with Crippen LogP contribution in [0.25, 0.3) is 0 Å². The Balaban J connectivity index is 3.04. The second kappa shape index (κ2) is 5.93. The number of anilines is 1. The Labute approximate surface area is 121 Å². The van der Waals surface area contributed by atoms with Crippen molar-refractivity contribution < 1.29 is 9.53 Å². The maximum atomic E-state index is 11.9. The van der Waals surface area contributed by atoms with Crippen LogP contribution in [-0.2, 0) is 9.53 Å². The highest BCUT2D eigenvalue weighted by molar-refractivity contribution is 9.10. The van der Waals surface area contributed by atoms with Crippen molar-refractivity contribution in [1.29, 1.82) is 0 Å². The third-order valence-electron chi connectivity index (χ3n) is 3.09. The predicted octanol–water partition coefficient (Wildman–Crippen LogP) is 4.10. The SMILES string of the molecule is COC(=O)C(C)(Nc1ccc(Cl)c(Br)c1)C(C)C. The van der Waals surface area contributed by atoms with Crippen LogP contribution in [0.1, 0.15) is 20.8 Å². The molecule has 1 aromatic carbocycles. The third-order valence-corrected chi connectivity index (χ3v) is 4.30. The van der Waals surface area contributed by atoms with E-state index in [1.54, 1.807) is 6.07 Å². The largest absolute Gasteiger partial charge is 0.467 e. The number of carbonyl (C=O) groups excluding carboxylic acids is 1. The molecule has 1 N–H and O–H groups in total. The van der Waals surface area contributed by atoms with Crippen molar-refractivity contribution in [3.05, 3.63) is 27.7 Å². The Morgan fingerprint density at radius 1 is 1.50 bits per heavy atom. The summed E-state index contributed by atoms with van der Waals surface area (Å²) < 4.78 is 5.65. The topological polar surface area (TPSA) is 38.3 Å². The van der Waals surface area contributed by atoms with Gasteiger partial charge < -0.3 is 10.1 Å². The molecule has 0 aliphatic rings. The minimum absolute atomic E-state index is 0.0828. The van der Waals surface area contributed by atoms with Crippen molar-refractivity contribution in [3.63, 3.8) is 0 Å². The number of hydrogen-bond acceptors (Lipinski definition) is 3. The number of ether oxygens (including phenoxy) is 1. The molecule has 0 fully saturated rings. The summed E-state index contributed by atoms with van der Waals surface area (Å²) in [7, 11) is 1.39. The van der Waals surface area contributed by atoms with Crippen LogP contribution < -0.4 is 5.32 Å². The van der Waals surface area contributed by atoms with Crippen LogP contribution in [0, 0.1) is 5.92 Å². The average molecular weight is 335 g/mol. The van der Waals surface area contributed by atoms with Crippen molar-refractivity contribution in [1.82, 2.24) is 0 Å². The summed E-state index contributed by atoms with van der Waals surface area (Å²) in [5.41, 5.74) is 0.0371. The number of esters is 1. The number of carbonyl (C=O) groups is 1. The minimum atomic E-state index is -0.776. The van der Waals surface area contributed by atoms with Gasteiger partial charge in [-0.05, 0) is 47.0 Å². The first-order valence-corrected chi connectivity index (χ1v) is 6.80. The van der Waals surface area contributed by atoms with Crippen LogP contribution in [0.5, 0.6) is 0 Å². The summed E-state index contributed by atoms with van der Waals surface area (Å²) in [5, 5.41) is 3.84. The van der Waals surface area contributed by atoms with Crippen molar-refractivity contribution >= 4 is 39.2 Å². The zero-order chi connectivity index (χ0) is 13.9. The zero-order valence-corrected chi connectivity index (χ0v) is 13.2. The highest BCUT2D eigenvalue weighted by atomic mass is 79.9. The van der Waals surface area contributed by atoms with Gasteiger partial charge in [-0.2, -0.15) is 0 Å². The maximum Gasteiger partial charge on any atom is 0.331 e. The van der Waals surface area contributed by atoms with Crippen molar-refractivity contribution in [2.24, 2.45) is 5.92 Å². The van der Waals surface area contributed by atoms with Gasteiger partial charge in [0.15, 0.2) is 0 Å². The van der Waals surface area contributed by atoms with Crippen LogP contribution in [0.4, 0.5) is 5.69 Å². The van der Waals surface area contributed by atoms with Gasteiger partial charge >= 0.3 is 5.97 Å². The van der Waals surface area contributed by atoms with Gasteiger partial charge in [0, 0.05) is 10.2 Å². The number of halogens is 2. The predicted molar refractivity (Wildman–Crippen MR) is 78.0 cm³/mol. The smallest absolute Gasteiger partial charge is 0.331 e. The van der Waals surface area contributed by atoms with Crippen LogP contribution >= 0.6 is 27.5 Å². The van der Waals surface area contributed by atoms with Gasteiger partial charge in [-0.1, -0.05) is 25.4 Å². The maximum absolute atomic E-state index is 11.9. The first-order chi connectivity index (χ1) is 8.31. The van der Waals surface area contributed by atoms with Gasteiger partial charge in [0.05, 0.1) is 12.1 Å². The molecule has 0 radical (unpaired) electrons. The summed E-state index contributed by atoms with van der Waals surface area (Å²) in [6.45, 7) is 5.76. The lowest BCUT2D eigenvalue weighted by molar-refractivity contribution is -0.146. The molecule has 3 nitrogen and oxygen atoms in total. The molecule has 0 amide bonds. The molecule has 1 unspecified atom stereocenters. The van der Waals surface area contributed by atoms with E-state index in [1.165, 1.54) is 7.11 Å². The van der Waals surface area contributed by atoms with E-state index in [9.17, 15) is 4.79 Å². The number of methoxy groups -OCH3 is 1. The van der Waals surface area contributed by atoms with E-state index in [0.29, 0.717) is 5.02 Å². The van der Waals surface area contributed by atoms with Gasteiger partial charge in [-0.15, -0.1) is 0 Å². The lowest BCUT2D eigenvalue weighted by Crippen LogP contribution is -2.48. The lowest BCUT2D eigenvalue weighted by atomic mass is 9.88. The quantitative estimate of drug-likeness (QED) is 0.842. The molecular formula is C13H17BrClNO2. The Morgan fingerprint density at radius 2 is 2.11 bits per heavy atom. The number of benzene rings is 1. The molecule has 0 spiro atoms. The van der Waals surface area contributed by atoms with Gasteiger partial charge in [-0.25, -0.2) is 4.79 Å². The second-order valence-electron chi connectivity index (χ2n) is 4.60. The number of hydrogen-bond donors (Lipinski definition) is 1. The normalized spacial score (nSPS) is 14.2. The van der Waals surface area contributed by atoms with Crippen LogP contribution in [0.2, 0.25) is 5.02 Å². The first kappa shape index (κ1) is 15.3. The molecule has 1 aromatic rings. The molecule has 0 saturated heterocycles. The fraction of sp³-hybridized carbons (Fsp3) is 0.462. The fourth-order valence-corrected chi connectivity index (χ4v) is 2.01. The van der Waals surface area contributed by atoms with Crippen molar-refractivity contribution in [2.45, 2.75) is 26.3 Å². The minimum Gasteiger partial charge on any atom is -0.467 e. The van der Waals surface area contributed by atoms with Crippen molar-refractivity contribution in [2.75, 3.05) is 12.4 Å². The van der Waals surface area contributed by atoms with Crippen molar-refractivity contribution in [3.8, 4) is 0 Å². The Kier molecular flexibility index (Phi) is 5.05. The Morgan fingerprint density at radius 3 is 2.56 bits per heavy atom. The van der Waals surface area contributed by atoms with E-state index >= 15 is 0 Å². The Bertz CT molecular complexity index is 451. The molecule has 0 aromatic heterocycles. The van der Waals surface area contributed by atoms with E-state index in [-0.39, 0.29) is 11.9 Å². The molecular weight excluding hydrogens is 318 g/mol. The van der Waals surface area contributed by atoms with Gasteiger partial charge in [0.2, 0.25) is 0 Å².